The lowest BCUT2D eigenvalue weighted by molar-refractivity contribution is -0.143. The topological polar surface area (TPSA) is 55.2 Å². The van der Waals surface area contributed by atoms with Gasteiger partial charge in [0.25, 0.3) is 10.0 Å². The van der Waals surface area contributed by atoms with Gasteiger partial charge in [-0.2, -0.15) is 18.3 Å². The minimum Gasteiger partial charge on any atom is -0.266 e. The fourth-order valence-corrected chi connectivity index (χ4v) is 5.67. The van der Waals surface area contributed by atoms with Gasteiger partial charge in [-0.25, -0.2) is 8.42 Å². The van der Waals surface area contributed by atoms with Gasteiger partial charge in [0.1, 0.15) is 15.6 Å². The largest absolute Gasteiger partial charge is 0.433 e. The van der Waals surface area contributed by atoms with Gasteiger partial charge in [-0.1, -0.05) is 12.1 Å². The second kappa shape index (κ2) is 7.25. The van der Waals surface area contributed by atoms with Crippen LogP contribution in [0.25, 0.3) is 10.6 Å². The molecule has 0 spiro atoms. The number of halogens is 3. The van der Waals surface area contributed by atoms with Crippen molar-refractivity contribution in [1.82, 2.24) is 9.78 Å². The number of thiophene rings is 1. The molecule has 0 amide bonds. The summed E-state index contributed by atoms with van der Waals surface area (Å²) < 4.78 is 67.2. The van der Waals surface area contributed by atoms with E-state index in [0.717, 1.165) is 27.6 Å². The molecule has 28 heavy (non-hydrogen) atoms. The predicted molar refractivity (Wildman–Crippen MR) is 103 cm³/mol. The van der Waals surface area contributed by atoms with Gasteiger partial charge in [0, 0.05) is 13.6 Å². The van der Waals surface area contributed by atoms with Crippen LogP contribution < -0.4 is 4.31 Å². The summed E-state index contributed by atoms with van der Waals surface area (Å²) in [6.07, 6.45) is -4.53. The summed E-state index contributed by atoms with van der Waals surface area (Å²) in [6.45, 7) is 3.82. The van der Waals surface area contributed by atoms with Crippen LogP contribution in [0.15, 0.2) is 46.7 Å². The van der Waals surface area contributed by atoms with E-state index in [0.29, 0.717) is 10.6 Å². The molecule has 0 N–H and O–H groups in total. The lowest BCUT2D eigenvalue weighted by atomic mass is 10.2. The van der Waals surface area contributed by atoms with Crippen LogP contribution in [-0.4, -0.2) is 24.7 Å². The van der Waals surface area contributed by atoms with Gasteiger partial charge < -0.3 is 0 Å². The van der Waals surface area contributed by atoms with Crippen LogP contribution >= 0.6 is 11.3 Å². The molecule has 0 unspecified atom stereocenters. The molecule has 0 saturated carbocycles. The molecule has 0 atom stereocenters. The first-order valence-corrected chi connectivity index (χ1v) is 10.6. The van der Waals surface area contributed by atoms with Gasteiger partial charge in [-0.3, -0.25) is 8.99 Å². The maximum absolute atomic E-state index is 13.1. The zero-order chi connectivity index (χ0) is 20.7. The molecule has 150 valence electrons. The highest BCUT2D eigenvalue weighted by Crippen LogP contribution is 2.36. The second-order valence-electron chi connectivity index (χ2n) is 6.16. The number of rotatable bonds is 5. The van der Waals surface area contributed by atoms with Crippen LogP contribution in [0.3, 0.4) is 0 Å². The third-order valence-corrected chi connectivity index (χ3v) is 7.60. The highest BCUT2D eigenvalue weighted by atomic mass is 32.2. The van der Waals surface area contributed by atoms with E-state index < -0.39 is 21.9 Å². The molecule has 0 bridgehead atoms. The third-order valence-electron chi connectivity index (χ3n) is 4.13. The van der Waals surface area contributed by atoms with E-state index in [-0.39, 0.29) is 16.4 Å². The van der Waals surface area contributed by atoms with Crippen molar-refractivity contribution < 1.29 is 21.6 Å². The quantitative estimate of drug-likeness (QED) is 0.591. The molecule has 3 aromatic rings. The Hall–Kier alpha value is -2.33. The van der Waals surface area contributed by atoms with Gasteiger partial charge in [0.05, 0.1) is 10.6 Å². The molecular weight excluding hydrogens is 411 g/mol. The lowest BCUT2D eigenvalue weighted by Crippen LogP contribution is -2.30. The molecule has 3 rings (SSSR count). The van der Waals surface area contributed by atoms with Crippen molar-refractivity contribution in [3.8, 4) is 10.6 Å². The minimum atomic E-state index is -4.53. The number of sulfonamides is 1. The highest BCUT2D eigenvalue weighted by Gasteiger charge is 2.35. The number of aromatic nitrogens is 2. The van der Waals surface area contributed by atoms with Crippen LogP contribution in [0.1, 0.15) is 18.2 Å². The van der Waals surface area contributed by atoms with Crippen LogP contribution in [-0.2, 0) is 23.2 Å². The van der Waals surface area contributed by atoms with Gasteiger partial charge in [0.15, 0.2) is 0 Å². The van der Waals surface area contributed by atoms with E-state index in [1.165, 1.54) is 23.5 Å². The molecule has 5 nitrogen and oxygen atoms in total. The number of anilines is 1. The lowest BCUT2D eigenvalue weighted by Gasteiger charge is -2.22. The maximum Gasteiger partial charge on any atom is 0.433 e. The SMILES string of the molecule is CCN(c1cccc(C)c1)S(=O)(=O)c1ccc(-c2cc(C(F)(F)F)n(C)n2)s1. The second-order valence-corrected chi connectivity index (χ2v) is 9.34. The molecule has 0 aliphatic carbocycles. The van der Waals surface area contributed by atoms with Crippen LogP contribution in [0.5, 0.6) is 0 Å². The number of hydrogen-bond acceptors (Lipinski definition) is 4. The Balaban J connectivity index is 1.99. The Kier molecular flexibility index (Phi) is 5.28. The normalized spacial score (nSPS) is 12.4. The van der Waals surface area contributed by atoms with Crippen LogP contribution in [0, 0.1) is 6.92 Å². The Morgan fingerprint density at radius 2 is 1.89 bits per heavy atom. The van der Waals surface area contributed by atoms with Crippen molar-refractivity contribution in [2.24, 2.45) is 7.05 Å². The fraction of sp³-hybridized carbons (Fsp3) is 0.278. The number of hydrogen-bond donors (Lipinski definition) is 0. The Bertz CT molecular complexity index is 1100. The molecule has 2 aromatic heterocycles. The minimum absolute atomic E-state index is 0.0464. The number of alkyl halides is 3. The molecular formula is C18H18F3N3O2S2. The summed E-state index contributed by atoms with van der Waals surface area (Å²) in [5, 5.41) is 3.88. The van der Waals surface area contributed by atoms with Crippen molar-refractivity contribution in [2.75, 3.05) is 10.8 Å². The average Bonchev–Trinajstić information content (AvgIpc) is 3.21. The molecule has 0 saturated heterocycles. The summed E-state index contributed by atoms with van der Waals surface area (Å²) in [7, 11) is -2.64. The van der Waals surface area contributed by atoms with Gasteiger partial charge in [0.2, 0.25) is 0 Å². The fourth-order valence-electron chi connectivity index (χ4n) is 2.83. The summed E-state index contributed by atoms with van der Waals surface area (Å²) in [5.41, 5.74) is 0.649. The standard InChI is InChI=1S/C18H18F3N3O2S2/c1-4-24(13-7-5-6-12(2)10-13)28(25,26)17-9-8-15(27-17)14-11-16(18(19,20)21)23(3)22-14/h5-11H,4H2,1-3H3. The van der Waals surface area contributed by atoms with Crippen molar-refractivity contribution in [3.05, 3.63) is 53.7 Å². The predicted octanol–water partition coefficient (Wildman–Crippen LogP) is 4.69. The molecule has 0 fully saturated rings. The molecule has 0 aliphatic heterocycles. The average molecular weight is 429 g/mol. The van der Waals surface area contributed by atoms with E-state index >= 15 is 0 Å². The van der Waals surface area contributed by atoms with E-state index in [1.54, 1.807) is 25.1 Å². The number of nitrogens with zero attached hydrogens (tertiary/aromatic N) is 3. The smallest absolute Gasteiger partial charge is 0.266 e. The van der Waals surface area contributed by atoms with Crippen molar-refractivity contribution in [1.29, 1.82) is 0 Å². The summed E-state index contributed by atoms with van der Waals surface area (Å²) >= 11 is 0.895. The van der Waals surface area contributed by atoms with Gasteiger partial charge in [-0.05, 0) is 49.7 Å². The molecule has 1 aromatic carbocycles. The Morgan fingerprint density at radius 3 is 2.46 bits per heavy atom. The van der Waals surface area contributed by atoms with Gasteiger partial charge >= 0.3 is 6.18 Å². The summed E-state index contributed by atoms with van der Waals surface area (Å²) in [5.74, 6) is 0. The Morgan fingerprint density at radius 1 is 1.18 bits per heavy atom. The van der Waals surface area contributed by atoms with Crippen molar-refractivity contribution >= 4 is 27.0 Å². The molecule has 10 heteroatoms. The number of benzene rings is 1. The Labute approximate surface area is 165 Å². The summed E-state index contributed by atoms with van der Waals surface area (Å²) in [6, 6.07) is 10.9. The van der Waals surface area contributed by atoms with E-state index in [9.17, 15) is 21.6 Å². The van der Waals surface area contributed by atoms with Gasteiger partial charge in [-0.15, -0.1) is 11.3 Å². The van der Waals surface area contributed by atoms with Crippen LogP contribution in [0.2, 0.25) is 0 Å². The molecule has 0 aliphatic rings. The third kappa shape index (κ3) is 3.79. The zero-order valence-electron chi connectivity index (χ0n) is 15.4. The molecule has 0 radical (unpaired) electrons. The van der Waals surface area contributed by atoms with Crippen molar-refractivity contribution in [2.45, 2.75) is 24.2 Å². The number of aryl methyl sites for hydroxylation is 2. The zero-order valence-corrected chi connectivity index (χ0v) is 17.0. The first-order chi connectivity index (χ1) is 13.0. The monoisotopic (exact) mass is 429 g/mol. The first kappa shape index (κ1) is 20.4. The van der Waals surface area contributed by atoms with E-state index in [4.69, 9.17) is 0 Å². The molecule has 2 heterocycles. The van der Waals surface area contributed by atoms with Crippen LogP contribution in [0.4, 0.5) is 18.9 Å². The summed E-state index contributed by atoms with van der Waals surface area (Å²) in [4.78, 5) is 0.352. The van der Waals surface area contributed by atoms with Crippen molar-refractivity contribution in [3.63, 3.8) is 0 Å². The maximum atomic E-state index is 13.1. The van der Waals surface area contributed by atoms with E-state index in [1.807, 2.05) is 13.0 Å². The van der Waals surface area contributed by atoms with E-state index in [2.05, 4.69) is 5.10 Å². The highest BCUT2D eigenvalue weighted by molar-refractivity contribution is 7.94. The first-order valence-electron chi connectivity index (χ1n) is 8.35.